The Morgan fingerprint density at radius 2 is 1.81 bits per heavy atom. The van der Waals surface area contributed by atoms with Gasteiger partial charge in [0.1, 0.15) is 36.3 Å². The molecule has 0 aliphatic carbocycles. The molecule has 0 aromatic carbocycles. The third-order valence-electron chi connectivity index (χ3n) is 8.50. The Bertz CT molecular complexity index is 2040. The zero-order valence-corrected chi connectivity index (χ0v) is 37.0. The molecule has 1 aliphatic rings. The van der Waals surface area contributed by atoms with E-state index in [-0.39, 0.29) is 53.3 Å². The highest BCUT2D eigenvalue weighted by Gasteiger charge is 2.50. The van der Waals surface area contributed by atoms with Crippen molar-refractivity contribution in [1.29, 1.82) is 0 Å². The summed E-state index contributed by atoms with van der Waals surface area (Å²) in [6.45, 7) is 4.83. The number of carbonyl (C=O) groups excluding carboxylic acids is 3. The fraction of sp³-hybridized carbons (Fsp3) is 0.633. The minimum atomic E-state index is -5.59. The Hall–Kier alpha value is -3.47. The van der Waals surface area contributed by atoms with E-state index in [0.717, 1.165) is 29.0 Å². The van der Waals surface area contributed by atoms with E-state index in [9.17, 15) is 57.9 Å². The number of nitrogen functional groups attached to an aromatic ring is 1. The highest BCUT2D eigenvalue weighted by molar-refractivity contribution is 8.13. The fourth-order valence-electron chi connectivity index (χ4n) is 5.29. The number of phosphoric acid groups is 3. The number of nitrogens with two attached hydrogens (primary N) is 2. The number of aromatic nitrogens is 4. The van der Waals surface area contributed by atoms with E-state index in [1.807, 2.05) is 0 Å². The second-order valence-electron chi connectivity index (χ2n) is 14.0. The van der Waals surface area contributed by atoms with Gasteiger partial charge in [-0.3, -0.25) is 37.5 Å². The van der Waals surface area contributed by atoms with Crippen molar-refractivity contribution in [1.82, 2.24) is 35.5 Å². The van der Waals surface area contributed by atoms with Gasteiger partial charge in [0.15, 0.2) is 29.7 Å². The molecule has 1 fully saturated rings. The molecule has 0 saturated carbocycles. The van der Waals surface area contributed by atoms with Gasteiger partial charge in [-0.05, 0) is 6.42 Å². The van der Waals surface area contributed by atoms with Crippen LogP contribution < -0.4 is 33.2 Å². The maximum Gasteiger partial charge on any atom is 0.481 e. The predicted octanol–water partition coefficient (Wildman–Crippen LogP) is -2.85. The topological polar surface area (TPSA) is 442 Å². The lowest BCUT2D eigenvalue weighted by Gasteiger charge is -2.30. The summed E-state index contributed by atoms with van der Waals surface area (Å²) in [5.41, 5.74) is 13.8. The van der Waals surface area contributed by atoms with Crippen molar-refractivity contribution in [2.45, 2.75) is 69.8 Å². The van der Waals surface area contributed by atoms with Crippen LogP contribution in [0.3, 0.4) is 0 Å². The minimum Gasteiger partial charge on any atom is -0.386 e. The number of guanidine groups is 1. The van der Waals surface area contributed by atoms with Gasteiger partial charge in [-0.15, -0.1) is 6.58 Å². The number of amides is 2. The molecule has 16 N–H and O–H groups in total. The van der Waals surface area contributed by atoms with E-state index >= 15 is 0 Å². The number of fused-ring (bicyclic) bond motifs is 1. The summed E-state index contributed by atoms with van der Waals surface area (Å²) < 4.78 is 62.2. The molecule has 28 nitrogen and oxygen atoms in total. The maximum absolute atomic E-state index is 12.7. The summed E-state index contributed by atoms with van der Waals surface area (Å²) in [5.74, 6) is -0.964. The van der Waals surface area contributed by atoms with Gasteiger partial charge in [0.25, 0.3) is 0 Å². The summed E-state index contributed by atoms with van der Waals surface area (Å²) >= 11 is 1.01. The van der Waals surface area contributed by atoms with Crippen LogP contribution in [0, 0.1) is 5.41 Å². The van der Waals surface area contributed by atoms with E-state index in [0.29, 0.717) is 25.9 Å². The number of aliphatic imine (C=N–C) groups is 1. The molecule has 350 valence electrons. The van der Waals surface area contributed by atoms with E-state index in [1.165, 1.54) is 13.8 Å². The number of thioether (sulfide) groups is 1. The van der Waals surface area contributed by atoms with E-state index in [1.54, 1.807) is 6.08 Å². The standard InChI is InChI=1S/C30H52N11O17P3S/c1-4-8-36-29(33)37-9-5-6-17(31)28(46)62-12-11-34-19(42)7-10-35-26(45)23(44)30(2,3)14-55-61(52,53)58-60(50,51)54-13-18-22(57-59(47,48)49)21(43)27(56-18)41-16-40-20-24(32)38-15-39-25(20)41/h4,15-18,21-23,27,43-44H,1,5-14,31H2,2-3H3,(H,34,42)(H,35,45)(H,50,51)(H,52,53)(H2,32,38,39)(H3,33,36,37)(H2,47,48,49)/p+1. The van der Waals surface area contributed by atoms with Gasteiger partial charge in [-0.25, -0.2) is 28.6 Å². The number of anilines is 1. The second-order valence-corrected chi connectivity index (χ2v) is 19.3. The van der Waals surface area contributed by atoms with Crippen LogP contribution in [0.4, 0.5) is 5.82 Å². The number of quaternary nitrogens is 1. The van der Waals surface area contributed by atoms with Crippen molar-refractivity contribution in [3.63, 3.8) is 0 Å². The Labute approximate surface area is 358 Å². The molecular weight excluding hydrogens is 911 g/mol. The van der Waals surface area contributed by atoms with Crippen molar-refractivity contribution in [2.75, 3.05) is 50.9 Å². The van der Waals surface area contributed by atoms with Crippen molar-refractivity contribution in [3.8, 4) is 0 Å². The normalized spacial score (nSPS) is 21.4. The van der Waals surface area contributed by atoms with Crippen LogP contribution in [-0.4, -0.2) is 148 Å². The number of hydrogen-bond acceptors (Lipinski definition) is 19. The first-order chi connectivity index (χ1) is 28.9. The number of nitrogens with one attached hydrogen (secondary N) is 3. The number of nitrogens with zero attached hydrogens (tertiary/aromatic N) is 5. The molecule has 0 bridgehead atoms. The molecule has 1 saturated heterocycles. The Morgan fingerprint density at radius 1 is 1.11 bits per heavy atom. The first-order valence-corrected chi connectivity index (χ1v) is 23.9. The van der Waals surface area contributed by atoms with Crippen molar-refractivity contribution in [2.24, 2.45) is 16.1 Å². The van der Waals surface area contributed by atoms with Crippen LogP contribution in [0.1, 0.15) is 39.3 Å². The van der Waals surface area contributed by atoms with E-state index in [4.69, 9.17) is 25.3 Å². The Balaban J connectivity index is 1.41. The molecule has 0 spiro atoms. The Morgan fingerprint density at radius 3 is 2.48 bits per heavy atom. The second kappa shape index (κ2) is 23.5. The lowest BCUT2D eigenvalue weighted by Crippen LogP contribution is -2.64. The van der Waals surface area contributed by atoms with E-state index in [2.05, 4.69) is 57.0 Å². The molecular formula is C30H53N11O17P3S+. The molecule has 0 radical (unpaired) electrons. The Kier molecular flexibility index (Phi) is 20.0. The zero-order chi connectivity index (χ0) is 46.5. The number of phosphoric ester groups is 3. The molecule has 1 aliphatic heterocycles. The lowest BCUT2D eigenvalue weighted by molar-refractivity contribution is -0.402. The molecule has 3 rings (SSSR count). The first kappa shape index (κ1) is 52.9. The minimum absolute atomic E-state index is 0.0246. The summed E-state index contributed by atoms with van der Waals surface area (Å²) in [4.78, 5) is 92.4. The summed E-state index contributed by atoms with van der Waals surface area (Å²) in [6, 6.07) is -0.481. The lowest BCUT2D eigenvalue weighted by atomic mass is 9.87. The summed E-state index contributed by atoms with van der Waals surface area (Å²) in [5, 5.41) is 29.1. The molecule has 32 heteroatoms. The number of carbonyl (C=O) groups is 3. The third-order valence-corrected chi connectivity index (χ3v) is 12.6. The van der Waals surface area contributed by atoms with Gasteiger partial charge < -0.3 is 67.7 Å². The quantitative estimate of drug-likeness (QED) is 0.0148. The van der Waals surface area contributed by atoms with E-state index < -0.39 is 90.6 Å². The highest BCUT2D eigenvalue weighted by atomic mass is 32.2. The molecule has 62 heavy (non-hydrogen) atoms. The summed E-state index contributed by atoms with van der Waals surface area (Å²) in [6.07, 6.45) is -4.29. The number of aliphatic hydroxyl groups is 2. The first-order valence-electron chi connectivity index (χ1n) is 18.4. The fourth-order valence-corrected chi connectivity index (χ4v) is 8.88. The van der Waals surface area contributed by atoms with Crippen LogP contribution in [0.25, 0.3) is 11.2 Å². The molecule has 2 amide bonds. The van der Waals surface area contributed by atoms with Gasteiger partial charge in [0.05, 0.1) is 19.5 Å². The van der Waals surface area contributed by atoms with Crippen LogP contribution in [0.5, 0.6) is 0 Å². The number of aliphatic hydroxyl groups excluding tert-OH is 2. The van der Waals surface area contributed by atoms with Crippen molar-refractivity contribution >= 4 is 75.1 Å². The summed E-state index contributed by atoms with van der Waals surface area (Å²) in [7, 11) is -16.4. The average molecular weight is 965 g/mol. The molecule has 2 aromatic heterocycles. The number of ether oxygens (including phenoxy) is 1. The largest absolute Gasteiger partial charge is 0.481 e. The van der Waals surface area contributed by atoms with Gasteiger partial charge in [-0.1, -0.05) is 31.7 Å². The van der Waals surface area contributed by atoms with Crippen LogP contribution >= 0.6 is 35.2 Å². The SMILES string of the molecule is C=CCNC(N)=NCCCC([NH3+])C(=O)SCCNC(=O)CCNC(=O)C(O)C(C)(C)COP(=O)(O)OP(=O)(O)OCC1OC(n2cnc3c(N)ncnc32)C(O)C1OP(=O)(O)O. The highest BCUT2D eigenvalue weighted by Crippen LogP contribution is 2.61. The third kappa shape index (κ3) is 16.9. The van der Waals surface area contributed by atoms with Crippen LogP contribution in [-0.2, 0) is 50.7 Å². The van der Waals surface area contributed by atoms with Crippen molar-refractivity contribution < 1.29 is 86.2 Å². The molecule has 3 heterocycles. The van der Waals surface area contributed by atoms with Gasteiger partial charge in [0, 0.05) is 50.2 Å². The zero-order valence-electron chi connectivity index (χ0n) is 33.5. The van der Waals surface area contributed by atoms with Crippen LogP contribution in [0.2, 0.25) is 0 Å². The van der Waals surface area contributed by atoms with Crippen molar-refractivity contribution in [3.05, 3.63) is 25.3 Å². The number of hydrogen-bond donors (Lipinski definition) is 12. The monoisotopic (exact) mass is 964 g/mol. The average Bonchev–Trinajstić information content (AvgIpc) is 3.75. The maximum atomic E-state index is 12.7. The smallest absolute Gasteiger partial charge is 0.386 e. The number of rotatable bonds is 26. The molecule has 8 atom stereocenters. The predicted molar refractivity (Wildman–Crippen MR) is 218 cm³/mol. The van der Waals surface area contributed by atoms with Gasteiger partial charge in [-0.2, -0.15) is 4.31 Å². The van der Waals surface area contributed by atoms with Crippen LogP contribution in [0.15, 0.2) is 30.3 Å². The molecule has 2 aromatic rings. The number of imidazole rings is 1. The van der Waals surface area contributed by atoms with Gasteiger partial charge >= 0.3 is 23.5 Å². The van der Waals surface area contributed by atoms with Gasteiger partial charge in [0.2, 0.25) is 16.9 Å². The molecule has 8 unspecified atom stereocenters.